The molecule has 0 bridgehead atoms. The monoisotopic (exact) mass is 442 g/mol. The van der Waals surface area contributed by atoms with Crippen LogP contribution in [0.25, 0.3) is 0 Å². The number of rotatable bonds is 5. The predicted molar refractivity (Wildman–Crippen MR) is 113 cm³/mol. The number of ether oxygens (including phenoxy) is 1. The summed E-state index contributed by atoms with van der Waals surface area (Å²) in [7, 11) is -3.75. The molecule has 1 N–H and O–H groups in total. The molecule has 0 aliphatic carbocycles. The lowest BCUT2D eigenvalue weighted by atomic mass is 9.92. The number of hydrogen-bond acceptors (Lipinski definition) is 5. The zero-order valence-electron chi connectivity index (χ0n) is 16.2. The molecule has 0 saturated carbocycles. The Morgan fingerprint density at radius 1 is 1.29 bits per heavy atom. The van der Waals surface area contributed by atoms with Gasteiger partial charge in [0.25, 0.3) is 10.0 Å². The van der Waals surface area contributed by atoms with E-state index in [1.54, 1.807) is 29.2 Å². The molecular weight excluding hydrogens is 420 g/mol. The highest BCUT2D eigenvalue weighted by atomic mass is 35.5. The maximum absolute atomic E-state index is 13.0. The van der Waals surface area contributed by atoms with Crippen LogP contribution in [-0.2, 0) is 14.8 Å². The molecule has 1 aromatic heterocycles. The van der Waals surface area contributed by atoms with Crippen molar-refractivity contribution in [3.8, 4) is 5.75 Å². The normalized spacial score (nSPS) is 16.5. The van der Waals surface area contributed by atoms with E-state index >= 15 is 0 Å². The Bertz CT molecular complexity index is 999. The lowest BCUT2D eigenvalue weighted by molar-refractivity contribution is -0.127. The number of anilines is 2. The van der Waals surface area contributed by atoms with Crippen molar-refractivity contribution < 1.29 is 17.9 Å². The topological polar surface area (TPSA) is 75.7 Å². The Morgan fingerprint density at radius 2 is 2.00 bits per heavy atom. The molecule has 0 fully saturated rings. The zero-order chi connectivity index (χ0) is 20.7. The van der Waals surface area contributed by atoms with Crippen LogP contribution in [0, 0.1) is 11.3 Å². The largest absolute Gasteiger partial charge is 0.490 e. The van der Waals surface area contributed by atoms with E-state index in [9.17, 15) is 13.2 Å². The number of benzene rings is 1. The van der Waals surface area contributed by atoms with Gasteiger partial charge in [-0.3, -0.25) is 9.52 Å². The molecule has 9 heteroatoms. The molecule has 0 spiro atoms. The molecule has 1 amide bonds. The maximum atomic E-state index is 13.0. The molecule has 1 aromatic carbocycles. The van der Waals surface area contributed by atoms with Crippen molar-refractivity contribution in [1.29, 1.82) is 0 Å². The molecule has 6 nitrogen and oxygen atoms in total. The molecule has 3 rings (SSSR count). The smallest absolute Gasteiger partial charge is 0.271 e. The van der Waals surface area contributed by atoms with E-state index in [1.807, 2.05) is 27.7 Å². The fraction of sp³-hybridized carbons (Fsp3) is 0.421. The number of hydrogen-bond donors (Lipinski definition) is 1. The maximum Gasteiger partial charge on any atom is 0.271 e. The lowest BCUT2D eigenvalue weighted by Crippen LogP contribution is -2.43. The van der Waals surface area contributed by atoms with Crippen LogP contribution in [0.2, 0.25) is 4.34 Å². The first-order valence-electron chi connectivity index (χ1n) is 8.86. The standard InChI is InChI=1S/C19H23ClN2O4S2/c1-12(2)10-22-14-6-5-13(9-15(14)26-11-19(3,4)18(22)23)21-28(24,25)17-8-7-16(20)27-17/h5-9,12,21H,10-11H2,1-4H3. The second-order valence-corrected chi connectivity index (χ2v) is 11.5. The molecule has 0 atom stereocenters. The molecule has 0 saturated heterocycles. The average Bonchev–Trinajstić information content (AvgIpc) is 3.01. The van der Waals surface area contributed by atoms with Crippen LogP contribution in [0.15, 0.2) is 34.5 Å². The van der Waals surface area contributed by atoms with E-state index in [-0.39, 0.29) is 22.6 Å². The number of nitrogens with one attached hydrogen (secondary N) is 1. The first kappa shape index (κ1) is 21.0. The quantitative estimate of drug-likeness (QED) is 0.733. The van der Waals surface area contributed by atoms with E-state index in [0.29, 0.717) is 28.0 Å². The second-order valence-electron chi connectivity index (χ2n) is 7.83. The van der Waals surface area contributed by atoms with Crippen LogP contribution >= 0.6 is 22.9 Å². The Labute approximate surface area is 174 Å². The minimum atomic E-state index is -3.75. The van der Waals surface area contributed by atoms with Gasteiger partial charge in [-0.1, -0.05) is 25.4 Å². The van der Waals surface area contributed by atoms with Crippen LogP contribution in [0.3, 0.4) is 0 Å². The Morgan fingerprint density at radius 3 is 2.61 bits per heavy atom. The summed E-state index contributed by atoms with van der Waals surface area (Å²) in [4.78, 5) is 14.7. The van der Waals surface area contributed by atoms with Crippen molar-refractivity contribution >= 4 is 50.2 Å². The Kier molecular flexibility index (Phi) is 5.67. The van der Waals surface area contributed by atoms with Crippen molar-refractivity contribution in [3.63, 3.8) is 0 Å². The highest BCUT2D eigenvalue weighted by molar-refractivity contribution is 7.94. The van der Waals surface area contributed by atoms with Gasteiger partial charge in [-0.2, -0.15) is 0 Å². The number of carbonyl (C=O) groups excluding carboxylic acids is 1. The van der Waals surface area contributed by atoms with E-state index in [2.05, 4.69) is 4.72 Å². The Hall–Kier alpha value is -1.77. The number of carbonyl (C=O) groups is 1. The van der Waals surface area contributed by atoms with Gasteiger partial charge < -0.3 is 9.64 Å². The van der Waals surface area contributed by atoms with Gasteiger partial charge in [0.1, 0.15) is 16.6 Å². The summed E-state index contributed by atoms with van der Waals surface area (Å²) >= 11 is 6.83. The average molecular weight is 443 g/mol. The number of amides is 1. The van der Waals surface area contributed by atoms with Gasteiger partial charge in [0.15, 0.2) is 0 Å². The van der Waals surface area contributed by atoms with Crippen LogP contribution in [-0.4, -0.2) is 27.5 Å². The van der Waals surface area contributed by atoms with Crippen molar-refractivity contribution in [2.24, 2.45) is 11.3 Å². The molecule has 0 unspecified atom stereocenters. The van der Waals surface area contributed by atoms with Gasteiger partial charge in [-0.25, -0.2) is 8.42 Å². The van der Waals surface area contributed by atoms with E-state index < -0.39 is 15.4 Å². The highest BCUT2D eigenvalue weighted by Crippen LogP contribution is 2.39. The summed E-state index contributed by atoms with van der Waals surface area (Å²) in [6.07, 6.45) is 0. The molecule has 152 valence electrons. The van der Waals surface area contributed by atoms with E-state index in [0.717, 1.165) is 11.3 Å². The molecule has 2 aromatic rings. The van der Waals surface area contributed by atoms with Gasteiger partial charge >= 0.3 is 0 Å². The number of fused-ring (bicyclic) bond motifs is 1. The van der Waals surface area contributed by atoms with Crippen molar-refractivity contribution in [2.45, 2.75) is 31.9 Å². The molecule has 0 radical (unpaired) electrons. The molecule has 28 heavy (non-hydrogen) atoms. The lowest BCUT2D eigenvalue weighted by Gasteiger charge is -2.29. The number of sulfonamides is 1. The predicted octanol–water partition coefficient (Wildman–Crippen LogP) is 4.61. The minimum Gasteiger partial charge on any atom is -0.490 e. The molecular formula is C19H23ClN2O4S2. The van der Waals surface area contributed by atoms with Crippen LogP contribution in [0.4, 0.5) is 11.4 Å². The van der Waals surface area contributed by atoms with Crippen molar-refractivity contribution in [2.75, 3.05) is 22.8 Å². The second kappa shape index (κ2) is 7.57. The van der Waals surface area contributed by atoms with E-state index in [4.69, 9.17) is 16.3 Å². The summed E-state index contributed by atoms with van der Waals surface area (Å²) < 4.78 is 34.1. The third-order valence-electron chi connectivity index (χ3n) is 4.28. The molecule has 1 aliphatic rings. The van der Waals surface area contributed by atoms with Gasteiger partial charge in [-0.05, 0) is 44.0 Å². The SMILES string of the molecule is CC(C)CN1C(=O)C(C)(C)COc2cc(NS(=O)(=O)c3ccc(Cl)s3)ccc21. The number of nitrogens with zero attached hydrogens (tertiary/aromatic N) is 1. The summed E-state index contributed by atoms with van der Waals surface area (Å²) in [5.41, 5.74) is 0.327. The number of halogens is 1. The van der Waals surface area contributed by atoms with Crippen molar-refractivity contribution in [3.05, 3.63) is 34.7 Å². The minimum absolute atomic E-state index is 0.0125. The van der Waals surface area contributed by atoms with Crippen LogP contribution in [0.1, 0.15) is 27.7 Å². The van der Waals surface area contributed by atoms with Gasteiger partial charge in [-0.15, -0.1) is 11.3 Å². The van der Waals surface area contributed by atoms with Gasteiger partial charge in [0.2, 0.25) is 5.91 Å². The van der Waals surface area contributed by atoms with Crippen LogP contribution in [0.5, 0.6) is 5.75 Å². The summed E-state index contributed by atoms with van der Waals surface area (Å²) in [5, 5.41) is 0. The fourth-order valence-electron chi connectivity index (χ4n) is 2.90. The van der Waals surface area contributed by atoms with Gasteiger partial charge in [0, 0.05) is 12.6 Å². The Balaban J connectivity index is 1.96. The summed E-state index contributed by atoms with van der Waals surface area (Å²) in [6.45, 7) is 8.54. The summed E-state index contributed by atoms with van der Waals surface area (Å²) in [5.74, 6) is 0.734. The highest BCUT2D eigenvalue weighted by Gasteiger charge is 2.38. The van der Waals surface area contributed by atoms with Crippen molar-refractivity contribution in [1.82, 2.24) is 0 Å². The molecule has 2 heterocycles. The van der Waals surface area contributed by atoms with E-state index in [1.165, 1.54) is 6.07 Å². The molecule has 1 aliphatic heterocycles. The first-order chi connectivity index (χ1) is 13.0. The first-order valence-corrected chi connectivity index (χ1v) is 11.5. The van der Waals surface area contributed by atoms with Crippen LogP contribution < -0.4 is 14.4 Å². The zero-order valence-corrected chi connectivity index (χ0v) is 18.5. The third-order valence-corrected chi connectivity index (χ3v) is 7.38. The summed E-state index contributed by atoms with van der Waals surface area (Å²) in [6, 6.07) is 7.97. The van der Waals surface area contributed by atoms with Gasteiger partial charge in [0.05, 0.1) is 21.1 Å². The fourth-order valence-corrected chi connectivity index (χ4v) is 5.44. The third kappa shape index (κ3) is 4.29. The number of thiophene rings is 1.